The number of anilines is 1. The largest absolute Gasteiger partial charge is 0.673 e. The maximum absolute atomic E-state index is 9.75. The van der Waals surface area contributed by atoms with Crippen LogP contribution < -0.4 is 14.8 Å². The van der Waals surface area contributed by atoms with Crippen molar-refractivity contribution in [3.8, 4) is 11.5 Å². The summed E-state index contributed by atoms with van der Waals surface area (Å²) in [7, 11) is -0.585. The molecule has 0 saturated heterocycles. The molecular formula is C21H25BF4N2O2. The van der Waals surface area contributed by atoms with Crippen LogP contribution in [0.15, 0.2) is 54.7 Å². The molecule has 0 radical (unpaired) electrons. The summed E-state index contributed by atoms with van der Waals surface area (Å²) in [6.07, 6.45) is 4.09. The summed E-state index contributed by atoms with van der Waals surface area (Å²) in [5, 5.41) is 3.32. The summed E-state index contributed by atoms with van der Waals surface area (Å²) >= 11 is 0. The highest BCUT2D eigenvalue weighted by atomic mass is 19.5. The highest BCUT2D eigenvalue weighted by molar-refractivity contribution is 6.50. The van der Waals surface area contributed by atoms with E-state index >= 15 is 0 Å². The average Bonchev–Trinajstić information content (AvgIpc) is 2.87. The van der Waals surface area contributed by atoms with Gasteiger partial charge in [-0.15, -0.1) is 0 Å². The Bertz CT molecular complexity index is 950. The minimum absolute atomic E-state index is 0.0342. The molecule has 1 aliphatic rings. The molecule has 0 aliphatic carbocycles. The van der Waals surface area contributed by atoms with Crippen LogP contribution in [0.1, 0.15) is 19.4 Å². The predicted molar refractivity (Wildman–Crippen MR) is 113 cm³/mol. The monoisotopic (exact) mass is 424 g/mol. The zero-order valence-electron chi connectivity index (χ0n) is 17.5. The highest BCUT2D eigenvalue weighted by Crippen LogP contribution is 2.39. The average molecular weight is 424 g/mol. The van der Waals surface area contributed by atoms with Gasteiger partial charge >= 0.3 is 7.25 Å². The Hall–Kier alpha value is -2.97. The molecule has 0 bridgehead atoms. The van der Waals surface area contributed by atoms with Gasteiger partial charge in [0.15, 0.2) is 5.71 Å². The van der Waals surface area contributed by atoms with Crippen LogP contribution in [0.25, 0.3) is 0 Å². The van der Waals surface area contributed by atoms with Crippen LogP contribution in [-0.2, 0) is 5.41 Å². The third-order valence-electron chi connectivity index (χ3n) is 4.83. The summed E-state index contributed by atoms with van der Waals surface area (Å²) in [6, 6.07) is 14.3. The number of para-hydroxylation sites is 1. The van der Waals surface area contributed by atoms with Crippen LogP contribution in [0, 0.1) is 0 Å². The first kappa shape index (κ1) is 23.3. The lowest BCUT2D eigenvalue weighted by Crippen LogP contribution is -2.26. The van der Waals surface area contributed by atoms with Crippen molar-refractivity contribution in [2.75, 3.05) is 26.6 Å². The predicted octanol–water partition coefficient (Wildman–Crippen LogP) is 5.64. The number of hydrogen-bond donors (Lipinski definition) is 1. The molecule has 4 nitrogen and oxygen atoms in total. The third-order valence-corrected chi connectivity index (χ3v) is 4.83. The van der Waals surface area contributed by atoms with Crippen molar-refractivity contribution in [2.45, 2.75) is 19.3 Å². The van der Waals surface area contributed by atoms with E-state index in [1.807, 2.05) is 24.4 Å². The number of halogens is 4. The molecular weight excluding hydrogens is 399 g/mol. The Labute approximate surface area is 173 Å². The number of benzene rings is 2. The van der Waals surface area contributed by atoms with E-state index in [0.717, 1.165) is 17.2 Å². The zero-order valence-corrected chi connectivity index (χ0v) is 17.5. The van der Waals surface area contributed by atoms with Crippen molar-refractivity contribution in [1.82, 2.24) is 0 Å². The van der Waals surface area contributed by atoms with E-state index in [1.165, 1.54) is 17.0 Å². The van der Waals surface area contributed by atoms with Gasteiger partial charge in [0.2, 0.25) is 5.69 Å². The molecule has 9 heteroatoms. The number of rotatable bonds is 5. The number of allylic oxidation sites excluding steroid dienone is 1. The molecule has 30 heavy (non-hydrogen) atoms. The number of ether oxygens (including phenoxy) is 2. The first-order valence-electron chi connectivity index (χ1n) is 9.22. The van der Waals surface area contributed by atoms with Crippen LogP contribution in [0.5, 0.6) is 11.5 Å². The van der Waals surface area contributed by atoms with Crippen LogP contribution in [0.4, 0.5) is 28.6 Å². The van der Waals surface area contributed by atoms with Crippen LogP contribution in [-0.4, -0.2) is 38.8 Å². The van der Waals surface area contributed by atoms with Crippen molar-refractivity contribution in [3.05, 3.63) is 60.3 Å². The topological polar surface area (TPSA) is 33.5 Å². The number of nitrogens with zero attached hydrogens (tertiary/aromatic N) is 1. The first-order valence-corrected chi connectivity index (χ1v) is 9.22. The second-order valence-electron chi connectivity index (χ2n) is 7.13. The molecule has 2 aromatic rings. The van der Waals surface area contributed by atoms with Crippen LogP contribution in [0.2, 0.25) is 0 Å². The van der Waals surface area contributed by atoms with Gasteiger partial charge in [-0.1, -0.05) is 18.2 Å². The third kappa shape index (κ3) is 5.55. The maximum Gasteiger partial charge on any atom is 0.673 e. The van der Waals surface area contributed by atoms with Gasteiger partial charge in [-0.25, -0.2) is 0 Å². The van der Waals surface area contributed by atoms with E-state index in [2.05, 4.69) is 61.1 Å². The molecule has 0 saturated carbocycles. The van der Waals surface area contributed by atoms with Crippen molar-refractivity contribution in [1.29, 1.82) is 0 Å². The summed E-state index contributed by atoms with van der Waals surface area (Å²) in [6.45, 7) is 4.51. The number of fused-ring (bicyclic) bond motifs is 1. The summed E-state index contributed by atoms with van der Waals surface area (Å²) < 4.78 is 51.9. The molecule has 2 aromatic carbocycles. The van der Waals surface area contributed by atoms with Crippen molar-refractivity contribution in [2.24, 2.45) is 0 Å². The fourth-order valence-corrected chi connectivity index (χ4v) is 3.43. The van der Waals surface area contributed by atoms with Gasteiger partial charge in [0, 0.05) is 30.0 Å². The summed E-state index contributed by atoms with van der Waals surface area (Å²) in [5.74, 6) is 1.52. The summed E-state index contributed by atoms with van der Waals surface area (Å²) in [5.41, 5.74) is 4.71. The lowest BCUT2D eigenvalue weighted by molar-refractivity contribution is -0.401. The molecule has 0 spiro atoms. The fraction of sp³-hybridized carbons (Fsp3) is 0.286. The van der Waals surface area contributed by atoms with E-state index in [1.54, 1.807) is 14.2 Å². The second kappa shape index (κ2) is 9.23. The smallest absolute Gasteiger partial charge is 0.497 e. The molecule has 0 unspecified atom stereocenters. The van der Waals surface area contributed by atoms with E-state index in [4.69, 9.17) is 9.47 Å². The number of nitrogens with one attached hydrogen (secondary N) is 1. The van der Waals surface area contributed by atoms with Crippen molar-refractivity contribution >= 4 is 24.3 Å². The maximum atomic E-state index is 9.75. The van der Waals surface area contributed by atoms with Crippen LogP contribution in [0.3, 0.4) is 0 Å². The molecule has 162 valence electrons. The molecule has 0 aromatic heterocycles. The Morgan fingerprint density at radius 2 is 1.63 bits per heavy atom. The minimum atomic E-state index is -6.00. The Balaban J connectivity index is 0.000000575. The molecule has 1 N–H and O–H groups in total. The van der Waals surface area contributed by atoms with Gasteiger partial charge in [0.05, 0.1) is 25.3 Å². The molecule has 3 rings (SSSR count). The van der Waals surface area contributed by atoms with Gasteiger partial charge in [-0.2, -0.15) is 4.58 Å². The zero-order chi connectivity index (χ0) is 22.5. The fourth-order valence-electron chi connectivity index (χ4n) is 3.43. The lowest BCUT2D eigenvalue weighted by Gasteiger charge is -2.15. The van der Waals surface area contributed by atoms with Gasteiger partial charge < -0.3 is 32.1 Å². The molecule has 0 atom stereocenters. The molecule has 1 aliphatic heterocycles. The minimum Gasteiger partial charge on any atom is -0.497 e. The second-order valence-corrected chi connectivity index (χ2v) is 7.13. The van der Waals surface area contributed by atoms with Gasteiger partial charge in [-0.3, -0.25) is 0 Å². The number of hydrogen-bond acceptors (Lipinski definition) is 3. The Morgan fingerprint density at radius 1 is 1.00 bits per heavy atom. The van der Waals surface area contributed by atoms with Crippen LogP contribution >= 0.6 is 0 Å². The van der Waals surface area contributed by atoms with E-state index in [9.17, 15) is 17.3 Å². The molecule has 1 heterocycles. The first-order chi connectivity index (χ1) is 14.0. The highest BCUT2D eigenvalue weighted by Gasteiger charge is 2.42. The SMILES string of the molecule is COc1ccc(NC=CC2=[N+](C)c3ccccc3C2(C)C)c(OC)c1.F[B-](F)(F)F. The number of methoxy groups -OCH3 is 2. The Morgan fingerprint density at radius 3 is 2.20 bits per heavy atom. The standard InChI is InChI=1S/C21H24N2O2.BF4/c1-21(2)16-8-6-7-9-18(16)23(3)20(21)12-13-22-17-11-10-15(24-4)14-19(17)25-5;2-1(3,4)5/h6-14H,1-5H3;/q;-1/p+1. The lowest BCUT2D eigenvalue weighted by atomic mass is 9.81. The quantitative estimate of drug-likeness (QED) is 0.384. The van der Waals surface area contributed by atoms with Gasteiger partial charge in [0.25, 0.3) is 0 Å². The van der Waals surface area contributed by atoms with Crippen molar-refractivity contribution < 1.29 is 31.3 Å². The Kier molecular flexibility index (Phi) is 7.18. The van der Waals surface area contributed by atoms with E-state index < -0.39 is 7.25 Å². The molecule has 0 fully saturated rings. The molecule has 0 amide bonds. The van der Waals surface area contributed by atoms with E-state index in [-0.39, 0.29) is 5.41 Å². The van der Waals surface area contributed by atoms with Gasteiger partial charge in [-0.05, 0) is 26.0 Å². The normalized spacial score (nSPS) is 14.8. The van der Waals surface area contributed by atoms with Crippen molar-refractivity contribution in [3.63, 3.8) is 0 Å². The van der Waals surface area contributed by atoms with E-state index in [0.29, 0.717) is 0 Å². The van der Waals surface area contributed by atoms with Gasteiger partial charge in [0.1, 0.15) is 18.5 Å². The summed E-state index contributed by atoms with van der Waals surface area (Å²) in [4.78, 5) is 0.